The van der Waals surface area contributed by atoms with Gasteiger partial charge in [-0.3, -0.25) is 0 Å². The molecule has 0 aromatic carbocycles. The van der Waals surface area contributed by atoms with E-state index < -0.39 is 24.0 Å². The largest absolute Gasteiger partial charge is 0.459 e. The average Bonchev–Trinajstić information content (AvgIpc) is 2.22. The molecule has 0 radical (unpaired) electrons. The number of carbonyl (C=O) groups excluding carboxylic acids is 3. The van der Waals surface area contributed by atoms with Crippen LogP contribution in [0.5, 0.6) is 0 Å². The lowest BCUT2D eigenvalue weighted by Gasteiger charge is -2.08. The summed E-state index contributed by atoms with van der Waals surface area (Å²) >= 11 is 0. The highest BCUT2D eigenvalue weighted by Crippen LogP contribution is 1.94. The van der Waals surface area contributed by atoms with E-state index in [0.29, 0.717) is 0 Å². The zero-order valence-corrected chi connectivity index (χ0v) is 10.1. The predicted molar refractivity (Wildman–Crippen MR) is 58.0 cm³/mol. The van der Waals surface area contributed by atoms with E-state index in [1.165, 1.54) is 6.92 Å². The molecule has 6 nitrogen and oxygen atoms in total. The molecule has 0 heterocycles. The van der Waals surface area contributed by atoms with Crippen molar-refractivity contribution in [1.82, 2.24) is 0 Å². The lowest BCUT2D eigenvalue weighted by molar-refractivity contribution is -0.171. The van der Waals surface area contributed by atoms with Gasteiger partial charge in [0.1, 0.15) is 13.2 Å². The van der Waals surface area contributed by atoms with Crippen molar-refractivity contribution < 1.29 is 28.6 Å². The third-order valence-electron chi connectivity index (χ3n) is 1.41. The van der Waals surface area contributed by atoms with Gasteiger partial charge in [0.15, 0.2) is 0 Å². The van der Waals surface area contributed by atoms with Crippen LogP contribution in [-0.4, -0.2) is 37.2 Å². The molecular weight excluding hydrogens is 228 g/mol. The van der Waals surface area contributed by atoms with Crippen LogP contribution in [0, 0.1) is 0 Å². The van der Waals surface area contributed by atoms with Gasteiger partial charge in [0.25, 0.3) is 0 Å². The zero-order valence-electron chi connectivity index (χ0n) is 10.1. The molecule has 17 heavy (non-hydrogen) atoms. The summed E-state index contributed by atoms with van der Waals surface area (Å²) in [4.78, 5) is 32.9. The molecule has 0 amide bonds. The predicted octanol–water partition coefficient (Wildman–Crippen LogP) is 0.600. The third-order valence-corrected chi connectivity index (χ3v) is 1.41. The van der Waals surface area contributed by atoms with Crippen LogP contribution in [-0.2, 0) is 28.6 Å². The molecule has 0 aliphatic rings. The Kier molecular flexibility index (Phi) is 6.62. The summed E-state index contributed by atoms with van der Waals surface area (Å²) in [7, 11) is 0. The van der Waals surface area contributed by atoms with Gasteiger partial charge in [-0.15, -0.1) is 0 Å². The smallest absolute Gasteiger partial charge is 0.417 e. The van der Waals surface area contributed by atoms with E-state index in [1.54, 1.807) is 13.8 Å². The molecule has 0 unspecified atom stereocenters. The molecule has 0 saturated carbocycles. The van der Waals surface area contributed by atoms with Crippen LogP contribution >= 0.6 is 0 Å². The molecule has 0 N–H and O–H groups in total. The number of hydrogen-bond acceptors (Lipinski definition) is 6. The first-order valence-corrected chi connectivity index (χ1v) is 5.05. The highest BCUT2D eigenvalue weighted by atomic mass is 16.6. The van der Waals surface area contributed by atoms with Crippen molar-refractivity contribution in [2.45, 2.75) is 26.9 Å². The Morgan fingerprint density at radius 1 is 1.00 bits per heavy atom. The minimum absolute atomic E-state index is 0.133. The summed E-state index contributed by atoms with van der Waals surface area (Å²) in [5.74, 6) is -2.75. The van der Waals surface area contributed by atoms with Gasteiger partial charge in [-0.1, -0.05) is 6.58 Å². The molecule has 6 heteroatoms. The van der Waals surface area contributed by atoms with Crippen molar-refractivity contribution in [2.24, 2.45) is 0 Å². The first-order chi connectivity index (χ1) is 7.84. The summed E-state index contributed by atoms with van der Waals surface area (Å²) in [5, 5.41) is 0. The van der Waals surface area contributed by atoms with Gasteiger partial charge in [0.05, 0.1) is 6.10 Å². The fraction of sp³-hybridized carbons (Fsp3) is 0.545. The van der Waals surface area contributed by atoms with Crippen molar-refractivity contribution in [3.8, 4) is 0 Å². The molecule has 0 fully saturated rings. The summed E-state index contributed by atoms with van der Waals surface area (Å²) in [5.41, 5.74) is 0.246. The molecule has 0 aliphatic carbocycles. The van der Waals surface area contributed by atoms with E-state index >= 15 is 0 Å². The van der Waals surface area contributed by atoms with Crippen molar-refractivity contribution >= 4 is 17.9 Å². The van der Waals surface area contributed by atoms with Crippen LogP contribution in [0.25, 0.3) is 0 Å². The fourth-order valence-corrected chi connectivity index (χ4v) is 0.713. The molecule has 0 spiro atoms. The van der Waals surface area contributed by atoms with Crippen LogP contribution in [0.2, 0.25) is 0 Å². The van der Waals surface area contributed by atoms with E-state index in [-0.39, 0.29) is 18.8 Å². The minimum atomic E-state index is -1.11. The molecule has 0 rings (SSSR count). The molecule has 0 aromatic rings. The second-order valence-electron chi connectivity index (χ2n) is 3.51. The summed E-state index contributed by atoms with van der Waals surface area (Å²) < 4.78 is 13.8. The first kappa shape index (κ1) is 15.2. The van der Waals surface area contributed by atoms with Gasteiger partial charge >= 0.3 is 17.9 Å². The topological polar surface area (TPSA) is 78.9 Å². The monoisotopic (exact) mass is 244 g/mol. The Hall–Kier alpha value is -1.85. The van der Waals surface area contributed by atoms with Gasteiger partial charge in [0, 0.05) is 5.57 Å². The molecule has 96 valence electrons. The van der Waals surface area contributed by atoms with E-state index in [2.05, 4.69) is 20.8 Å². The normalized spacial score (nSPS) is 9.65. The number of ether oxygens (including phenoxy) is 3. The average molecular weight is 244 g/mol. The van der Waals surface area contributed by atoms with Gasteiger partial charge in [-0.05, 0) is 20.8 Å². The second kappa shape index (κ2) is 7.43. The van der Waals surface area contributed by atoms with Gasteiger partial charge in [0.2, 0.25) is 0 Å². The molecular formula is C11H16O6. The van der Waals surface area contributed by atoms with Crippen LogP contribution in [0.1, 0.15) is 20.8 Å². The molecule has 0 aliphatic heterocycles. The van der Waals surface area contributed by atoms with Gasteiger partial charge in [-0.2, -0.15) is 0 Å². The Balaban J connectivity index is 3.75. The third kappa shape index (κ3) is 7.10. The highest BCUT2D eigenvalue weighted by molar-refractivity contribution is 6.29. The minimum Gasteiger partial charge on any atom is -0.459 e. The maximum Gasteiger partial charge on any atom is 0.417 e. The van der Waals surface area contributed by atoms with Crippen molar-refractivity contribution in [3.63, 3.8) is 0 Å². The SMILES string of the molecule is C=C(C)C(=O)OCCOC(=O)C(=O)OC(C)C. The van der Waals surface area contributed by atoms with Crippen molar-refractivity contribution in [2.75, 3.05) is 13.2 Å². The van der Waals surface area contributed by atoms with Crippen LogP contribution in [0.4, 0.5) is 0 Å². The lowest BCUT2D eigenvalue weighted by atomic mass is 10.4. The van der Waals surface area contributed by atoms with Crippen LogP contribution < -0.4 is 0 Å². The van der Waals surface area contributed by atoms with Crippen LogP contribution in [0.15, 0.2) is 12.2 Å². The Labute approximate surface area is 99.5 Å². The van der Waals surface area contributed by atoms with E-state index in [9.17, 15) is 14.4 Å². The lowest BCUT2D eigenvalue weighted by Crippen LogP contribution is -2.25. The number of carbonyl (C=O) groups is 3. The van der Waals surface area contributed by atoms with Gasteiger partial charge < -0.3 is 14.2 Å². The Bertz CT molecular complexity index is 318. The maximum atomic E-state index is 11.0. The number of rotatable bonds is 5. The summed E-state index contributed by atoms with van der Waals surface area (Å²) in [6, 6.07) is 0. The van der Waals surface area contributed by atoms with E-state index in [1.807, 2.05) is 0 Å². The fourth-order valence-electron chi connectivity index (χ4n) is 0.713. The number of hydrogen-bond donors (Lipinski definition) is 0. The quantitative estimate of drug-likeness (QED) is 0.232. The zero-order chi connectivity index (χ0) is 13.4. The molecule has 0 aromatic heterocycles. The van der Waals surface area contributed by atoms with E-state index in [0.717, 1.165) is 0 Å². The summed E-state index contributed by atoms with van der Waals surface area (Å²) in [6.45, 7) is 7.75. The molecule has 0 atom stereocenters. The maximum absolute atomic E-state index is 11.0. The summed E-state index contributed by atoms with van der Waals surface area (Å²) in [6.07, 6.45) is -0.392. The molecule has 0 saturated heterocycles. The van der Waals surface area contributed by atoms with Gasteiger partial charge in [-0.25, -0.2) is 14.4 Å². The number of esters is 3. The standard InChI is InChI=1S/C11H16O6/c1-7(2)9(12)15-5-6-16-10(13)11(14)17-8(3)4/h8H,1,5-6H2,2-4H3. The highest BCUT2D eigenvalue weighted by Gasteiger charge is 2.18. The van der Waals surface area contributed by atoms with Crippen LogP contribution in [0.3, 0.4) is 0 Å². The second-order valence-corrected chi connectivity index (χ2v) is 3.51. The molecule has 0 bridgehead atoms. The first-order valence-electron chi connectivity index (χ1n) is 5.05. The Morgan fingerprint density at radius 3 is 1.88 bits per heavy atom. The van der Waals surface area contributed by atoms with Crippen molar-refractivity contribution in [3.05, 3.63) is 12.2 Å². The van der Waals surface area contributed by atoms with E-state index in [4.69, 9.17) is 0 Å². The van der Waals surface area contributed by atoms with Crippen molar-refractivity contribution in [1.29, 1.82) is 0 Å². The Morgan fingerprint density at radius 2 is 1.47 bits per heavy atom.